The number of hydrogen-bond acceptors (Lipinski definition) is 4. The molecule has 4 rings (SSSR count). The molecule has 0 unspecified atom stereocenters. The van der Waals surface area contributed by atoms with Gasteiger partial charge in [0.15, 0.2) is 0 Å². The molecule has 0 fully saturated rings. The van der Waals surface area contributed by atoms with Crippen LogP contribution in [0.1, 0.15) is 5.56 Å². The lowest BCUT2D eigenvalue weighted by molar-refractivity contribution is -0.0501. The molecule has 0 aliphatic heterocycles. The van der Waals surface area contributed by atoms with Gasteiger partial charge < -0.3 is 4.74 Å². The van der Waals surface area contributed by atoms with Gasteiger partial charge >= 0.3 is 6.61 Å². The Hall–Kier alpha value is -3.42. The van der Waals surface area contributed by atoms with E-state index in [1.165, 1.54) is 24.4 Å². The molecule has 0 aliphatic carbocycles. The van der Waals surface area contributed by atoms with E-state index in [-0.39, 0.29) is 11.6 Å². The first-order chi connectivity index (χ1) is 13.1. The van der Waals surface area contributed by atoms with Gasteiger partial charge in [-0.2, -0.15) is 13.9 Å². The molecule has 4 aromatic rings. The Labute approximate surface area is 152 Å². The summed E-state index contributed by atoms with van der Waals surface area (Å²) in [5.74, 6) is -0.319. The zero-order chi connectivity index (χ0) is 18.8. The van der Waals surface area contributed by atoms with Gasteiger partial charge in [0.05, 0.1) is 24.5 Å². The van der Waals surface area contributed by atoms with E-state index in [0.717, 1.165) is 16.6 Å². The second-order valence-electron chi connectivity index (χ2n) is 5.84. The summed E-state index contributed by atoms with van der Waals surface area (Å²) >= 11 is 0. The molecule has 136 valence electrons. The highest BCUT2D eigenvalue weighted by atomic mass is 19.3. The van der Waals surface area contributed by atoms with Crippen molar-refractivity contribution in [1.29, 1.82) is 0 Å². The summed E-state index contributed by atoms with van der Waals surface area (Å²) in [6.07, 6.45) is 6.10. The van der Waals surface area contributed by atoms with Crippen LogP contribution < -0.4 is 4.74 Å². The number of alkyl halides is 2. The second-order valence-corrected chi connectivity index (χ2v) is 5.84. The fraction of sp³-hybridized carbons (Fsp3) is 0.105. The highest BCUT2D eigenvalue weighted by molar-refractivity contribution is 5.80. The summed E-state index contributed by atoms with van der Waals surface area (Å²) in [6, 6.07) is 9.51. The molecule has 0 saturated heterocycles. The van der Waals surface area contributed by atoms with Crippen molar-refractivity contribution in [2.24, 2.45) is 0 Å². The van der Waals surface area contributed by atoms with Crippen molar-refractivity contribution in [1.82, 2.24) is 19.7 Å². The molecular weight excluding hydrogens is 357 g/mol. The fourth-order valence-corrected chi connectivity index (χ4v) is 2.77. The molecule has 3 aromatic heterocycles. The van der Waals surface area contributed by atoms with Crippen molar-refractivity contribution in [3.8, 4) is 16.9 Å². The number of fused-ring (bicyclic) bond motifs is 1. The quantitative estimate of drug-likeness (QED) is 0.526. The lowest BCUT2D eigenvalue weighted by Gasteiger charge is -2.08. The lowest BCUT2D eigenvalue weighted by Crippen LogP contribution is -2.05. The molecule has 0 spiro atoms. The predicted octanol–water partition coefficient (Wildman–Crippen LogP) is 4.28. The lowest BCUT2D eigenvalue weighted by atomic mass is 10.1. The maximum atomic E-state index is 13.1. The molecule has 0 bridgehead atoms. The van der Waals surface area contributed by atoms with Crippen LogP contribution in [0.5, 0.6) is 5.75 Å². The number of benzene rings is 1. The number of aromatic nitrogens is 4. The third-order valence-electron chi connectivity index (χ3n) is 4.00. The van der Waals surface area contributed by atoms with Crippen molar-refractivity contribution in [2.45, 2.75) is 13.2 Å². The first kappa shape index (κ1) is 17.0. The first-order valence-corrected chi connectivity index (χ1v) is 8.05. The SMILES string of the molecule is Fc1ccc(-c2cnc3cnn(Cc4cncc(OC(F)F)c4)c3c2)cc1. The Morgan fingerprint density at radius 2 is 1.78 bits per heavy atom. The highest BCUT2D eigenvalue weighted by Crippen LogP contribution is 2.24. The minimum Gasteiger partial charge on any atom is -0.433 e. The average Bonchev–Trinajstić information content (AvgIpc) is 3.04. The van der Waals surface area contributed by atoms with Crippen LogP contribution >= 0.6 is 0 Å². The van der Waals surface area contributed by atoms with E-state index in [1.54, 1.807) is 35.4 Å². The minimum absolute atomic E-state index is 0.0101. The van der Waals surface area contributed by atoms with Crippen LogP contribution in [-0.2, 0) is 6.54 Å². The third-order valence-corrected chi connectivity index (χ3v) is 4.00. The highest BCUT2D eigenvalue weighted by Gasteiger charge is 2.10. The standard InChI is InChI=1S/C19H13F3N4O/c20-15-3-1-13(2-4-15)14-6-18-17(24-8-14)10-25-26(18)11-12-5-16(9-23-7-12)27-19(21)22/h1-10,19H,11H2. The molecular formula is C19H13F3N4O. The van der Waals surface area contributed by atoms with E-state index in [1.807, 2.05) is 6.07 Å². The summed E-state index contributed by atoms with van der Waals surface area (Å²) < 4.78 is 43.9. The van der Waals surface area contributed by atoms with Crippen molar-refractivity contribution in [3.63, 3.8) is 0 Å². The molecule has 1 aromatic carbocycles. The van der Waals surface area contributed by atoms with Crippen LogP contribution in [0.2, 0.25) is 0 Å². The van der Waals surface area contributed by atoms with Gasteiger partial charge in [-0.15, -0.1) is 0 Å². The Kier molecular flexibility index (Phi) is 4.45. The topological polar surface area (TPSA) is 52.8 Å². The van der Waals surface area contributed by atoms with Gasteiger partial charge in [0.25, 0.3) is 0 Å². The monoisotopic (exact) mass is 370 g/mol. The van der Waals surface area contributed by atoms with Crippen LogP contribution in [0.3, 0.4) is 0 Å². The largest absolute Gasteiger partial charge is 0.433 e. The maximum absolute atomic E-state index is 13.1. The molecule has 8 heteroatoms. The summed E-state index contributed by atoms with van der Waals surface area (Å²) in [5, 5.41) is 4.31. The number of ether oxygens (including phenoxy) is 1. The van der Waals surface area contributed by atoms with E-state index in [9.17, 15) is 13.2 Å². The van der Waals surface area contributed by atoms with Crippen molar-refractivity contribution < 1.29 is 17.9 Å². The summed E-state index contributed by atoms with van der Waals surface area (Å²) in [5.41, 5.74) is 3.75. The van der Waals surface area contributed by atoms with Crippen LogP contribution in [0.25, 0.3) is 22.2 Å². The predicted molar refractivity (Wildman–Crippen MR) is 92.9 cm³/mol. The van der Waals surface area contributed by atoms with Gasteiger partial charge in [0.1, 0.15) is 17.1 Å². The fourth-order valence-electron chi connectivity index (χ4n) is 2.77. The van der Waals surface area contributed by atoms with Gasteiger partial charge in [-0.1, -0.05) is 12.1 Å². The normalized spacial score (nSPS) is 11.3. The zero-order valence-corrected chi connectivity index (χ0v) is 13.9. The number of rotatable bonds is 5. The zero-order valence-electron chi connectivity index (χ0n) is 13.9. The van der Waals surface area contributed by atoms with E-state index < -0.39 is 6.61 Å². The van der Waals surface area contributed by atoms with Crippen LogP contribution in [-0.4, -0.2) is 26.4 Å². The summed E-state index contributed by atoms with van der Waals surface area (Å²) in [4.78, 5) is 8.30. The molecule has 0 N–H and O–H groups in total. The maximum Gasteiger partial charge on any atom is 0.387 e. The van der Waals surface area contributed by atoms with Crippen LogP contribution in [0, 0.1) is 5.82 Å². The van der Waals surface area contributed by atoms with Crippen LogP contribution in [0.4, 0.5) is 13.2 Å². The van der Waals surface area contributed by atoms with Crippen molar-refractivity contribution in [2.75, 3.05) is 0 Å². The number of pyridine rings is 2. The van der Waals surface area contributed by atoms with Crippen molar-refractivity contribution in [3.05, 3.63) is 72.6 Å². The Bertz CT molecular complexity index is 1080. The molecule has 0 aliphatic rings. The van der Waals surface area contributed by atoms with Gasteiger partial charge in [0.2, 0.25) is 0 Å². The van der Waals surface area contributed by atoms with E-state index in [2.05, 4.69) is 19.8 Å². The molecule has 27 heavy (non-hydrogen) atoms. The van der Waals surface area contributed by atoms with Gasteiger partial charge in [0, 0.05) is 18.0 Å². The smallest absolute Gasteiger partial charge is 0.387 e. The number of hydrogen-bond donors (Lipinski definition) is 0. The Morgan fingerprint density at radius 1 is 0.963 bits per heavy atom. The summed E-state index contributed by atoms with van der Waals surface area (Å²) in [7, 11) is 0. The molecule has 0 amide bonds. The van der Waals surface area contributed by atoms with E-state index in [0.29, 0.717) is 17.6 Å². The molecule has 0 radical (unpaired) electrons. The molecule has 5 nitrogen and oxygen atoms in total. The second kappa shape index (κ2) is 7.06. The third kappa shape index (κ3) is 3.74. The van der Waals surface area contributed by atoms with Crippen molar-refractivity contribution >= 4 is 11.0 Å². The Balaban J connectivity index is 1.66. The first-order valence-electron chi connectivity index (χ1n) is 8.05. The minimum atomic E-state index is -2.91. The molecule has 0 saturated carbocycles. The van der Waals surface area contributed by atoms with Crippen LogP contribution in [0.15, 0.2) is 61.2 Å². The Morgan fingerprint density at radius 3 is 2.56 bits per heavy atom. The number of nitrogens with zero attached hydrogens (tertiary/aromatic N) is 4. The van der Waals surface area contributed by atoms with Gasteiger partial charge in [-0.05, 0) is 35.4 Å². The van der Waals surface area contributed by atoms with Gasteiger partial charge in [-0.25, -0.2) is 4.39 Å². The summed E-state index contributed by atoms with van der Waals surface area (Å²) in [6.45, 7) is -2.60. The average molecular weight is 370 g/mol. The number of halogens is 3. The van der Waals surface area contributed by atoms with E-state index >= 15 is 0 Å². The van der Waals surface area contributed by atoms with Gasteiger partial charge in [-0.3, -0.25) is 14.6 Å². The molecule has 0 atom stereocenters. The molecule has 3 heterocycles. The van der Waals surface area contributed by atoms with E-state index in [4.69, 9.17) is 0 Å².